The predicted molar refractivity (Wildman–Crippen MR) is 75.2 cm³/mol. The van der Waals surface area contributed by atoms with Crippen LogP contribution in [0.3, 0.4) is 0 Å². The normalized spacial score (nSPS) is 18.6. The van der Waals surface area contributed by atoms with Crippen LogP contribution in [0.1, 0.15) is 19.8 Å². The maximum Gasteiger partial charge on any atom is 0.139 e. The quantitative estimate of drug-likeness (QED) is 0.840. The Bertz CT molecular complexity index is 433. The molecule has 0 atom stereocenters. The van der Waals surface area contributed by atoms with Crippen LogP contribution in [0.2, 0.25) is 0 Å². The lowest BCUT2D eigenvalue weighted by molar-refractivity contribution is 0.0300. The molecule has 1 aliphatic rings. The van der Waals surface area contributed by atoms with E-state index in [9.17, 15) is 4.39 Å². The molecule has 0 aromatic heterocycles. The molecule has 3 N–H and O–H groups in total. The molecule has 18 heavy (non-hydrogen) atoms. The number of anilines is 2. The van der Waals surface area contributed by atoms with Crippen LogP contribution < -0.4 is 11.1 Å². The largest absolute Gasteiger partial charge is 0.397 e. The minimum absolute atomic E-state index is 0.214. The molecule has 0 amide bonds. The van der Waals surface area contributed by atoms with Crippen LogP contribution in [0.15, 0.2) is 16.6 Å². The van der Waals surface area contributed by atoms with Gasteiger partial charge in [0, 0.05) is 25.8 Å². The van der Waals surface area contributed by atoms with Crippen molar-refractivity contribution < 1.29 is 9.13 Å². The van der Waals surface area contributed by atoms with Crippen molar-refractivity contribution in [3.05, 3.63) is 22.4 Å². The molecule has 1 heterocycles. The number of halogens is 2. The second kappa shape index (κ2) is 5.45. The summed E-state index contributed by atoms with van der Waals surface area (Å²) in [6.07, 6.45) is 2.06. The molecule has 0 aliphatic carbocycles. The van der Waals surface area contributed by atoms with Gasteiger partial charge in [-0.15, -0.1) is 0 Å². The Morgan fingerprint density at radius 2 is 2.11 bits per heavy atom. The van der Waals surface area contributed by atoms with Crippen LogP contribution in [0.5, 0.6) is 0 Å². The van der Waals surface area contributed by atoms with Gasteiger partial charge in [0.15, 0.2) is 0 Å². The third-order valence-electron chi connectivity index (χ3n) is 3.50. The molecule has 1 fully saturated rings. The molecule has 0 radical (unpaired) electrons. The van der Waals surface area contributed by atoms with Gasteiger partial charge in [0.05, 0.1) is 15.8 Å². The second-order valence-corrected chi connectivity index (χ2v) is 5.98. The fourth-order valence-electron chi connectivity index (χ4n) is 2.06. The molecule has 5 heteroatoms. The van der Waals surface area contributed by atoms with E-state index in [4.69, 9.17) is 10.5 Å². The zero-order valence-electron chi connectivity index (χ0n) is 10.4. The van der Waals surface area contributed by atoms with Crippen molar-refractivity contribution in [2.24, 2.45) is 5.41 Å². The topological polar surface area (TPSA) is 47.3 Å². The molecular weight excluding hydrogens is 299 g/mol. The zero-order valence-corrected chi connectivity index (χ0v) is 12.0. The number of hydrogen-bond acceptors (Lipinski definition) is 3. The molecule has 3 nitrogen and oxygen atoms in total. The van der Waals surface area contributed by atoms with Gasteiger partial charge in [0.2, 0.25) is 0 Å². The summed E-state index contributed by atoms with van der Waals surface area (Å²) in [5.74, 6) is -0.338. The van der Waals surface area contributed by atoms with E-state index in [1.54, 1.807) is 6.07 Å². The maximum absolute atomic E-state index is 13.3. The van der Waals surface area contributed by atoms with Crippen LogP contribution >= 0.6 is 15.9 Å². The second-order valence-electron chi connectivity index (χ2n) is 5.13. The van der Waals surface area contributed by atoms with Crippen molar-refractivity contribution in [3.8, 4) is 0 Å². The van der Waals surface area contributed by atoms with Crippen molar-refractivity contribution in [2.45, 2.75) is 19.8 Å². The summed E-state index contributed by atoms with van der Waals surface area (Å²) in [5, 5.41) is 3.31. The van der Waals surface area contributed by atoms with Crippen molar-refractivity contribution in [3.63, 3.8) is 0 Å². The van der Waals surface area contributed by atoms with Gasteiger partial charge in [0.1, 0.15) is 5.82 Å². The number of nitrogens with one attached hydrogen (secondary N) is 1. The van der Waals surface area contributed by atoms with Crippen LogP contribution in [-0.4, -0.2) is 19.8 Å². The monoisotopic (exact) mass is 316 g/mol. The highest BCUT2D eigenvalue weighted by Crippen LogP contribution is 2.32. The van der Waals surface area contributed by atoms with Gasteiger partial charge in [-0.05, 0) is 40.3 Å². The van der Waals surface area contributed by atoms with Gasteiger partial charge in [0.25, 0.3) is 0 Å². The SMILES string of the molecule is CC1(CNc2cc(Br)c(F)cc2N)CCOCC1. The molecular formula is C13H18BrFN2O. The summed E-state index contributed by atoms with van der Waals surface area (Å²) < 4.78 is 19.1. The smallest absolute Gasteiger partial charge is 0.139 e. The fourth-order valence-corrected chi connectivity index (χ4v) is 2.41. The van der Waals surface area contributed by atoms with E-state index < -0.39 is 0 Å². The Labute approximate surface area is 115 Å². The average Bonchev–Trinajstić information content (AvgIpc) is 2.33. The molecule has 100 valence electrons. The first-order valence-electron chi connectivity index (χ1n) is 6.06. The number of nitrogens with two attached hydrogens (primary N) is 1. The standard InChI is InChI=1S/C13H18BrFN2O/c1-13(2-4-18-5-3-13)8-17-12-6-9(14)10(15)7-11(12)16/h6-7,17H,2-5,8,16H2,1H3. The van der Waals surface area contributed by atoms with Gasteiger partial charge < -0.3 is 15.8 Å². The van der Waals surface area contributed by atoms with Crippen LogP contribution in [0, 0.1) is 11.2 Å². The molecule has 0 spiro atoms. The lowest BCUT2D eigenvalue weighted by atomic mass is 9.82. The summed E-state index contributed by atoms with van der Waals surface area (Å²) in [7, 11) is 0. The summed E-state index contributed by atoms with van der Waals surface area (Å²) in [4.78, 5) is 0. The summed E-state index contributed by atoms with van der Waals surface area (Å²) in [6, 6.07) is 3.02. The lowest BCUT2D eigenvalue weighted by Crippen LogP contribution is -2.33. The predicted octanol–water partition coefficient (Wildman–Crippen LogP) is 3.40. The molecule has 1 aromatic carbocycles. The van der Waals surface area contributed by atoms with Gasteiger partial charge in [-0.1, -0.05) is 6.92 Å². The molecule has 0 unspecified atom stereocenters. The number of rotatable bonds is 3. The van der Waals surface area contributed by atoms with Crippen LogP contribution in [-0.2, 0) is 4.74 Å². The summed E-state index contributed by atoms with van der Waals surface area (Å²) in [6.45, 7) is 4.66. The zero-order chi connectivity index (χ0) is 13.2. The molecule has 1 saturated heterocycles. The van der Waals surface area contributed by atoms with Crippen molar-refractivity contribution in [1.29, 1.82) is 0 Å². The fraction of sp³-hybridized carbons (Fsp3) is 0.538. The van der Waals surface area contributed by atoms with Crippen molar-refractivity contribution in [1.82, 2.24) is 0 Å². The molecule has 1 aliphatic heterocycles. The van der Waals surface area contributed by atoms with E-state index in [1.807, 2.05) is 0 Å². The molecule has 2 rings (SSSR count). The highest BCUT2D eigenvalue weighted by molar-refractivity contribution is 9.10. The van der Waals surface area contributed by atoms with Crippen molar-refractivity contribution >= 4 is 27.3 Å². The molecule has 0 bridgehead atoms. The number of ether oxygens (including phenoxy) is 1. The summed E-state index contributed by atoms with van der Waals surface area (Å²) >= 11 is 3.17. The first-order chi connectivity index (χ1) is 8.50. The Morgan fingerprint density at radius 1 is 1.44 bits per heavy atom. The highest BCUT2D eigenvalue weighted by Gasteiger charge is 2.27. The Kier molecular flexibility index (Phi) is 4.12. The first-order valence-corrected chi connectivity index (χ1v) is 6.86. The van der Waals surface area contributed by atoms with Gasteiger partial charge in [-0.25, -0.2) is 4.39 Å². The van der Waals surface area contributed by atoms with Gasteiger partial charge in [-0.3, -0.25) is 0 Å². The van der Waals surface area contributed by atoms with E-state index in [2.05, 4.69) is 28.2 Å². The minimum Gasteiger partial charge on any atom is -0.397 e. The number of nitrogen functional groups attached to an aromatic ring is 1. The van der Waals surface area contributed by atoms with Crippen molar-refractivity contribution in [2.75, 3.05) is 30.8 Å². The Morgan fingerprint density at radius 3 is 2.78 bits per heavy atom. The van der Waals surface area contributed by atoms with Crippen LogP contribution in [0.4, 0.5) is 15.8 Å². The Balaban J connectivity index is 2.03. The van der Waals surface area contributed by atoms with Gasteiger partial charge in [-0.2, -0.15) is 0 Å². The van der Waals surface area contributed by atoms with Gasteiger partial charge >= 0.3 is 0 Å². The van der Waals surface area contributed by atoms with E-state index in [0.717, 1.165) is 38.3 Å². The Hall–Kier alpha value is -0.810. The lowest BCUT2D eigenvalue weighted by Gasteiger charge is -2.34. The maximum atomic E-state index is 13.3. The number of benzene rings is 1. The van der Waals surface area contributed by atoms with Crippen LogP contribution in [0.25, 0.3) is 0 Å². The minimum atomic E-state index is -0.338. The number of hydrogen-bond donors (Lipinski definition) is 2. The van der Waals surface area contributed by atoms with E-state index in [1.165, 1.54) is 6.07 Å². The molecule has 1 aromatic rings. The third kappa shape index (κ3) is 3.14. The van der Waals surface area contributed by atoms with E-state index >= 15 is 0 Å². The highest BCUT2D eigenvalue weighted by atomic mass is 79.9. The summed E-state index contributed by atoms with van der Waals surface area (Å²) in [5.41, 5.74) is 7.23. The molecule has 0 saturated carbocycles. The van der Waals surface area contributed by atoms with E-state index in [0.29, 0.717) is 10.2 Å². The van der Waals surface area contributed by atoms with E-state index in [-0.39, 0.29) is 11.2 Å². The average molecular weight is 317 g/mol. The first kappa shape index (κ1) is 13.6. The third-order valence-corrected chi connectivity index (χ3v) is 4.11.